The number of alkyl halides is 3. The van der Waals surface area contributed by atoms with E-state index in [9.17, 15) is 13.2 Å². The second-order valence-corrected chi connectivity index (χ2v) is 6.64. The van der Waals surface area contributed by atoms with E-state index in [-0.39, 0.29) is 11.7 Å². The third kappa shape index (κ3) is 3.94. The van der Waals surface area contributed by atoms with Crippen molar-refractivity contribution in [2.24, 2.45) is 5.73 Å². The Morgan fingerprint density at radius 3 is 2.54 bits per heavy atom. The van der Waals surface area contributed by atoms with Gasteiger partial charge >= 0.3 is 6.18 Å². The third-order valence-corrected chi connectivity index (χ3v) is 5.01. The topological polar surface area (TPSA) is 83.6 Å². The molecule has 4 N–H and O–H groups in total. The van der Waals surface area contributed by atoms with Gasteiger partial charge in [-0.25, -0.2) is 0 Å². The molecule has 1 saturated carbocycles. The smallest absolute Gasteiger partial charge is 0.422 e. The molecule has 0 radical (unpaired) electrons. The highest BCUT2D eigenvalue weighted by Crippen LogP contribution is 2.36. The molecule has 3 aliphatic rings. The van der Waals surface area contributed by atoms with Crippen LogP contribution in [0.15, 0.2) is 11.9 Å². The second-order valence-electron chi connectivity index (χ2n) is 6.64. The first-order valence-electron chi connectivity index (χ1n) is 8.21. The largest absolute Gasteiger partial charge is 0.467 e. The van der Waals surface area contributed by atoms with Gasteiger partial charge in [0.15, 0.2) is 6.61 Å². The van der Waals surface area contributed by atoms with E-state index in [0.717, 1.165) is 38.8 Å². The molecule has 2 atom stereocenters. The molecule has 24 heavy (non-hydrogen) atoms. The molecule has 6 nitrogen and oxygen atoms in total. The number of hydrogen-bond acceptors (Lipinski definition) is 6. The van der Waals surface area contributed by atoms with Gasteiger partial charge in [0.05, 0.1) is 18.8 Å². The van der Waals surface area contributed by atoms with Crippen LogP contribution in [0.1, 0.15) is 25.7 Å². The Labute approximate surface area is 138 Å². The summed E-state index contributed by atoms with van der Waals surface area (Å²) in [6.45, 7) is 0.378. The Hall–Kier alpha value is -1.48. The molecular weight excluding hydrogens is 325 g/mol. The lowest BCUT2D eigenvalue weighted by atomic mass is 9.84. The first-order chi connectivity index (χ1) is 11.3. The summed E-state index contributed by atoms with van der Waals surface area (Å²) < 4.78 is 45.9. The predicted octanol–water partition coefficient (Wildman–Crippen LogP) is 1.33. The van der Waals surface area contributed by atoms with Gasteiger partial charge in [0, 0.05) is 24.8 Å². The predicted molar refractivity (Wildman–Crippen MR) is 81.4 cm³/mol. The Morgan fingerprint density at radius 2 is 2.04 bits per heavy atom. The van der Waals surface area contributed by atoms with Crippen LogP contribution >= 0.6 is 0 Å². The van der Waals surface area contributed by atoms with E-state index in [1.54, 1.807) is 0 Å². The summed E-state index contributed by atoms with van der Waals surface area (Å²) in [5.41, 5.74) is 5.44. The monoisotopic (exact) mass is 348 g/mol. The molecule has 1 aliphatic carbocycles. The van der Waals surface area contributed by atoms with Crippen molar-refractivity contribution in [3.63, 3.8) is 0 Å². The highest BCUT2D eigenvalue weighted by molar-refractivity contribution is 5.89. The minimum atomic E-state index is -4.47. The van der Waals surface area contributed by atoms with Gasteiger partial charge in [-0.05, 0) is 25.7 Å². The number of nitrogens with two attached hydrogens (primary N) is 1. The van der Waals surface area contributed by atoms with Gasteiger partial charge < -0.3 is 20.5 Å². The fourth-order valence-electron chi connectivity index (χ4n) is 3.51. The van der Waals surface area contributed by atoms with Gasteiger partial charge in [-0.15, -0.1) is 0 Å². The zero-order chi connectivity index (χ0) is 17.3. The summed E-state index contributed by atoms with van der Waals surface area (Å²) in [6, 6.07) is 1.44. The van der Waals surface area contributed by atoms with E-state index >= 15 is 0 Å². The van der Waals surface area contributed by atoms with E-state index in [4.69, 9.17) is 15.9 Å². The number of rotatable bonds is 5. The molecule has 2 saturated heterocycles. The van der Waals surface area contributed by atoms with Crippen molar-refractivity contribution in [3.8, 4) is 0 Å². The Kier molecular flexibility index (Phi) is 4.91. The van der Waals surface area contributed by atoms with Crippen LogP contribution in [-0.2, 0) is 9.47 Å². The number of nitrogens with one attached hydrogen (secondary N) is 2. The minimum Gasteiger partial charge on any atom is -0.467 e. The average Bonchev–Trinajstić information content (AvgIpc) is 2.52. The maximum Gasteiger partial charge on any atom is 0.422 e. The van der Waals surface area contributed by atoms with Crippen LogP contribution in [0.2, 0.25) is 0 Å². The van der Waals surface area contributed by atoms with Gasteiger partial charge in [-0.1, -0.05) is 0 Å². The molecule has 2 heterocycles. The fourth-order valence-corrected chi connectivity index (χ4v) is 3.51. The molecule has 0 bridgehead atoms. The molecule has 1 unspecified atom stereocenters. The van der Waals surface area contributed by atoms with Crippen molar-refractivity contribution in [1.29, 1.82) is 5.41 Å². The number of hydrogen-bond donors (Lipinski definition) is 3. The van der Waals surface area contributed by atoms with E-state index in [2.05, 4.69) is 15.0 Å². The Balaban J connectivity index is 1.37. The lowest BCUT2D eigenvalue weighted by Gasteiger charge is -2.58. The summed E-state index contributed by atoms with van der Waals surface area (Å²) in [5.74, 6) is -0.662. The Bertz CT molecular complexity index is 503. The molecule has 2 aliphatic heterocycles. The standard InChI is InChI=1S/C15H23F3N4O2/c16-15(17,18)8-24-14(20)11(19)5-21-9-1-3-10(4-2-9)22-6-13-12(22)7-23-13/h5,9-10,12-13,20-21H,1-4,6-8,19H2/b11-5+,20-14?/t9-,10-,12-,13?/m1/s1. The normalized spacial score (nSPS) is 33.9. The maximum absolute atomic E-state index is 12.0. The van der Waals surface area contributed by atoms with Crippen LogP contribution in [0.3, 0.4) is 0 Å². The van der Waals surface area contributed by atoms with Crippen molar-refractivity contribution in [3.05, 3.63) is 11.9 Å². The van der Waals surface area contributed by atoms with Crippen molar-refractivity contribution in [2.75, 3.05) is 19.8 Å². The lowest BCUT2D eigenvalue weighted by molar-refractivity contribution is -0.229. The number of ether oxygens (including phenoxy) is 2. The summed E-state index contributed by atoms with van der Waals surface area (Å²) >= 11 is 0. The average molecular weight is 348 g/mol. The molecule has 3 fully saturated rings. The molecule has 0 amide bonds. The van der Waals surface area contributed by atoms with Gasteiger partial charge in [0.1, 0.15) is 5.70 Å². The van der Waals surface area contributed by atoms with Crippen molar-refractivity contribution < 1.29 is 22.6 Å². The first-order valence-corrected chi connectivity index (χ1v) is 8.21. The fraction of sp³-hybridized carbons (Fsp3) is 0.800. The summed E-state index contributed by atoms with van der Waals surface area (Å²) in [5, 5.41) is 10.5. The second kappa shape index (κ2) is 6.79. The zero-order valence-electron chi connectivity index (χ0n) is 13.3. The van der Waals surface area contributed by atoms with Crippen LogP contribution in [0.4, 0.5) is 13.2 Å². The van der Waals surface area contributed by atoms with Gasteiger partial charge in [-0.2, -0.15) is 13.2 Å². The lowest BCUT2D eigenvalue weighted by Crippen LogP contribution is -2.73. The summed E-state index contributed by atoms with van der Waals surface area (Å²) in [6.07, 6.45) is 1.46. The highest BCUT2D eigenvalue weighted by Gasteiger charge is 2.49. The highest BCUT2D eigenvalue weighted by atomic mass is 19.4. The minimum absolute atomic E-state index is 0.126. The molecule has 3 rings (SSSR count). The number of morpholine rings is 1. The van der Waals surface area contributed by atoms with Crippen LogP contribution in [0.25, 0.3) is 0 Å². The van der Waals surface area contributed by atoms with E-state index in [0.29, 0.717) is 18.2 Å². The summed E-state index contributed by atoms with van der Waals surface area (Å²) in [7, 11) is 0. The Morgan fingerprint density at radius 1 is 1.33 bits per heavy atom. The number of halogens is 3. The number of fused-ring (bicyclic) bond motifs is 1. The van der Waals surface area contributed by atoms with Crippen molar-refractivity contribution >= 4 is 5.90 Å². The van der Waals surface area contributed by atoms with E-state index in [1.165, 1.54) is 6.20 Å². The van der Waals surface area contributed by atoms with Crippen LogP contribution in [-0.4, -0.2) is 61.0 Å². The van der Waals surface area contributed by atoms with Gasteiger partial charge in [0.2, 0.25) is 5.90 Å². The van der Waals surface area contributed by atoms with E-state index in [1.807, 2.05) is 0 Å². The molecule has 0 aromatic heterocycles. The number of nitrogens with zero attached hydrogens (tertiary/aromatic N) is 1. The quantitative estimate of drug-likeness (QED) is 0.516. The van der Waals surface area contributed by atoms with Crippen molar-refractivity contribution in [1.82, 2.24) is 10.2 Å². The maximum atomic E-state index is 12.0. The third-order valence-electron chi connectivity index (χ3n) is 5.01. The van der Waals surface area contributed by atoms with Crippen LogP contribution in [0, 0.1) is 5.41 Å². The number of likely N-dealkylation sites (tertiary alicyclic amines) is 1. The molecule has 0 aromatic rings. The first kappa shape index (κ1) is 17.3. The van der Waals surface area contributed by atoms with Crippen LogP contribution < -0.4 is 11.1 Å². The van der Waals surface area contributed by atoms with Crippen molar-refractivity contribution in [2.45, 2.75) is 56.1 Å². The zero-order valence-corrected chi connectivity index (χ0v) is 13.3. The summed E-state index contributed by atoms with van der Waals surface area (Å²) in [4.78, 5) is 2.52. The molecule has 0 spiro atoms. The van der Waals surface area contributed by atoms with Crippen LogP contribution in [0.5, 0.6) is 0 Å². The van der Waals surface area contributed by atoms with Gasteiger partial charge in [-0.3, -0.25) is 10.3 Å². The van der Waals surface area contributed by atoms with E-state index < -0.39 is 18.7 Å². The SMILES string of the molecule is N=C(OCC(F)(F)F)/C(N)=C\N[C@H]1CC[C@H](N2CC3OC[C@H]32)CC1. The molecular formula is C15H23F3N4O2. The molecule has 136 valence electrons. The van der Waals surface area contributed by atoms with Gasteiger partial charge in [0.25, 0.3) is 0 Å². The molecule has 9 heteroatoms. The molecule has 0 aromatic carbocycles.